The van der Waals surface area contributed by atoms with Gasteiger partial charge in [0.25, 0.3) is 5.91 Å². The maximum Gasteiger partial charge on any atom is 0.271 e. The van der Waals surface area contributed by atoms with Crippen LogP contribution < -0.4 is 16.0 Å². The van der Waals surface area contributed by atoms with E-state index < -0.39 is 0 Å². The number of nitrogens with one attached hydrogen (secondary N) is 3. The van der Waals surface area contributed by atoms with Crippen molar-refractivity contribution in [2.45, 2.75) is 51.1 Å². The van der Waals surface area contributed by atoms with Crippen LogP contribution in [0.5, 0.6) is 0 Å². The minimum Gasteiger partial charge on any atom is -0.355 e. The molecule has 0 aliphatic carbocycles. The van der Waals surface area contributed by atoms with E-state index in [1.54, 1.807) is 6.07 Å². The minimum atomic E-state index is -0.100. The van der Waals surface area contributed by atoms with Gasteiger partial charge in [-0.25, -0.2) is 0 Å². The van der Waals surface area contributed by atoms with E-state index in [2.05, 4.69) is 25.9 Å². The highest BCUT2D eigenvalue weighted by atomic mass is 35.5. The lowest BCUT2D eigenvalue weighted by atomic mass is 10.0. The molecule has 8 nitrogen and oxygen atoms in total. The van der Waals surface area contributed by atoms with Crippen LogP contribution in [0.3, 0.4) is 0 Å². The second-order valence-electron chi connectivity index (χ2n) is 7.56. The Morgan fingerprint density at radius 1 is 1.29 bits per heavy atom. The molecule has 1 aromatic rings. The number of hydrogen-bond donors (Lipinski definition) is 3. The van der Waals surface area contributed by atoms with E-state index in [1.165, 1.54) is 0 Å². The van der Waals surface area contributed by atoms with Gasteiger partial charge in [0, 0.05) is 38.4 Å². The number of carbonyl (C=O) groups is 2. The predicted molar refractivity (Wildman–Crippen MR) is 111 cm³/mol. The van der Waals surface area contributed by atoms with Crippen LogP contribution in [0.15, 0.2) is 12.3 Å². The van der Waals surface area contributed by atoms with E-state index >= 15 is 0 Å². The highest BCUT2D eigenvalue weighted by Gasteiger charge is 2.24. The summed E-state index contributed by atoms with van der Waals surface area (Å²) in [6.07, 6.45) is 6.82. The molecule has 0 spiro atoms. The normalized spacial score (nSPS) is 21.0. The van der Waals surface area contributed by atoms with E-state index in [0.29, 0.717) is 18.3 Å². The second-order valence-corrected chi connectivity index (χ2v) is 7.56. The third kappa shape index (κ3) is 6.46. The first-order valence-electron chi connectivity index (χ1n) is 10.2. The standard InChI is InChI=1S/C19H32N6O2.ClH/c1-2-8-21-18(26)14-24-10-5-15(6-11-24)22-19(27)17-7-12-25(23-17)16-4-3-9-20-13-16;/h7,12,15-16,20H,2-6,8-11,13-14H2,1H3,(H,21,26)(H,22,27);1H. The van der Waals surface area contributed by atoms with Crippen molar-refractivity contribution < 1.29 is 9.59 Å². The Balaban J connectivity index is 0.00000280. The number of likely N-dealkylation sites (tertiary alicyclic amines) is 1. The zero-order valence-corrected chi connectivity index (χ0v) is 17.5. The molecule has 28 heavy (non-hydrogen) atoms. The van der Waals surface area contributed by atoms with Gasteiger partial charge in [-0.15, -0.1) is 12.4 Å². The highest BCUT2D eigenvalue weighted by molar-refractivity contribution is 5.92. The fourth-order valence-corrected chi connectivity index (χ4v) is 3.74. The summed E-state index contributed by atoms with van der Waals surface area (Å²) in [4.78, 5) is 26.5. The predicted octanol–water partition coefficient (Wildman–Crippen LogP) is 0.950. The summed E-state index contributed by atoms with van der Waals surface area (Å²) in [5.74, 6) is -0.0151. The molecule has 2 saturated heterocycles. The summed E-state index contributed by atoms with van der Waals surface area (Å²) in [7, 11) is 0. The van der Waals surface area contributed by atoms with E-state index in [0.717, 1.165) is 64.8 Å². The van der Waals surface area contributed by atoms with E-state index in [-0.39, 0.29) is 30.3 Å². The van der Waals surface area contributed by atoms with Gasteiger partial charge in [-0.05, 0) is 44.7 Å². The molecule has 0 bridgehead atoms. The van der Waals surface area contributed by atoms with Gasteiger partial charge in [0.1, 0.15) is 5.69 Å². The average Bonchev–Trinajstić information content (AvgIpc) is 3.19. The van der Waals surface area contributed by atoms with Gasteiger partial charge in [-0.1, -0.05) is 6.92 Å². The molecular formula is C19H33ClN6O2. The molecule has 2 fully saturated rings. The average molecular weight is 413 g/mol. The molecule has 0 aromatic carbocycles. The van der Waals surface area contributed by atoms with Gasteiger partial charge in [-0.2, -0.15) is 5.10 Å². The summed E-state index contributed by atoms with van der Waals surface area (Å²) in [6.45, 7) is 6.84. The molecule has 3 N–H and O–H groups in total. The number of hydrogen-bond acceptors (Lipinski definition) is 5. The molecule has 158 valence electrons. The van der Waals surface area contributed by atoms with E-state index in [4.69, 9.17) is 0 Å². The van der Waals surface area contributed by atoms with Crippen molar-refractivity contribution in [2.24, 2.45) is 0 Å². The molecule has 3 rings (SSSR count). The van der Waals surface area contributed by atoms with Gasteiger partial charge < -0.3 is 16.0 Å². The van der Waals surface area contributed by atoms with Crippen molar-refractivity contribution in [3.63, 3.8) is 0 Å². The Hall–Kier alpha value is -1.64. The van der Waals surface area contributed by atoms with Crippen molar-refractivity contribution in [3.8, 4) is 0 Å². The zero-order chi connectivity index (χ0) is 19.1. The smallest absolute Gasteiger partial charge is 0.271 e. The van der Waals surface area contributed by atoms with Crippen LogP contribution in [-0.2, 0) is 4.79 Å². The van der Waals surface area contributed by atoms with Gasteiger partial charge in [-0.3, -0.25) is 19.2 Å². The largest absolute Gasteiger partial charge is 0.355 e. The second kappa shape index (κ2) is 11.4. The number of rotatable bonds is 7. The van der Waals surface area contributed by atoms with Crippen LogP contribution in [0.4, 0.5) is 0 Å². The van der Waals surface area contributed by atoms with Crippen molar-refractivity contribution >= 4 is 24.2 Å². The molecule has 2 aliphatic rings. The quantitative estimate of drug-likeness (QED) is 0.620. The summed E-state index contributed by atoms with van der Waals surface area (Å²) in [5, 5.41) is 13.9. The van der Waals surface area contributed by atoms with Crippen molar-refractivity contribution in [2.75, 3.05) is 39.3 Å². The summed E-state index contributed by atoms with van der Waals surface area (Å²) in [5.41, 5.74) is 0.488. The lowest BCUT2D eigenvalue weighted by Crippen LogP contribution is -2.47. The summed E-state index contributed by atoms with van der Waals surface area (Å²) in [6, 6.07) is 2.29. The molecule has 2 aliphatic heterocycles. The fraction of sp³-hybridized carbons (Fsp3) is 0.737. The van der Waals surface area contributed by atoms with Gasteiger partial charge in [0.05, 0.1) is 12.6 Å². The molecule has 1 atom stereocenters. The highest BCUT2D eigenvalue weighted by Crippen LogP contribution is 2.16. The molecule has 9 heteroatoms. The van der Waals surface area contributed by atoms with E-state index in [1.807, 2.05) is 17.8 Å². The van der Waals surface area contributed by atoms with Crippen molar-refractivity contribution in [3.05, 3.63) is 18.0 Å². The van der Waals surface area contributed by atoms with Crippen molar-refractivity contribution in [1.29, 1.82) is 0 Å². The Labute approximate surface area is 173 Å². The summed E-state index contributed by atoms with van der Waals surface area (Å²) < 4.78 is 1.92. The first kappa shape index (κ1) is 22.6. The SMILES string of the molecule is CCCNC(=O)CN1CCC(NC(=O)c2ccn(C3CCCNC3)n2)CC1.Cl. The Morgan fingerprint density at radius 2 is 2.07 bits per heavy atom. The fourth-order valence-electron chi connectivity index (χ4n) is 3.74. The topological polar surface area (TPSA) is 91.3 Å². The first-order chi connectivity index (χ1) is 13.2. The molecule has 2 amide bonds. The Kier molecular flexibility index (Phi) is 9.21. The van der Waals surface area contributed by atoms with Crippen LogP contribution in [0, 0.1) is 0 Å². The van der Waals surface area contributed by atoms with Crippen LogP contribution >= 0.6 is 12.4 Å². The van der Waals surface area contributed by atoms with Crippen molar-refractivity contribution in [1.82, 2.24) is 30.6 Å². The molecule has 0 saturated carbocycles. The molecule has 0 radical (unpaired) electrons. The van der Waals surface area contributed by atoms with Gasteiger partial charge >= 0.3 is 0 Å². The molecule has 3 heterocycles. The van der Waals surface area contributed by atoms with Gasteiger partial charge in [0.2, 0.25) is 5.91 Å². The van der Waals surface area contributed by atoms with Crippen LogP contribution in [0.2, 0.25) is 0 Å². The number of nitrogens with zero attached hydrogens (tertiary/aromatic N) is 3. The lowest BCUT2D eigenvalue weighted by Gasteiger charge is -2.31. The number of amides is 2. The Morgan fingerprint density at radius 3 is 2.75 bits per heavy atom. The number of aromatic nitrogens is 2. The van der Waals surface area contributed by atoms with Crippen LogP contribution in [0.25, 0.3) is 0 Å². The van der Waals surface area contributed by atoms with Gasteiger partial charge in [0.15, 0.2) is 0 Å². The number of piperidine rings is 2. The molecule has 1 aromatic heterocycles. The number of carbonyl (C=O) groups excluding carboxylic acids is 2. The maximum absolute atomic E-state index is 12.5. The summed E-state index contributed by atoms with van der Waals surface area (Å²) >= 11 is 0. The third-order valence-corrected chi connectivity index (χ3v) is 5.35. The lowest BCUT2D eigenvalue weighted by molar-refractivity contribution is -0.122. The third-order valence-electron chi connectivity index (χ3n) is 5.35. The Bertz CT molecular complexity index is 624. The molecular weight excluding hydrogens is 380 g/mol. The van der Waals surface area contributed by atoms with E-state index in [9.17, 15) is 9.59 Å². The molecule has 1 unspecified atom stereocenters. The van der Waals surface area contributed by atoms with Crippen LogP contribution in [-0.4, -0.2) is 71.8 Å². The first-order valence-corrected chi connectivity index (χ1v) is 10.2. The zero-order valence-electron chi connectivity index (χ0n) is 16.7. The number of halogens is 1. The van der Waals surface area contributed by atoms with Crippen LogP contribution in [0.1, 0.15) is 55.6 Å². The minimum absolute atomic E-state index is 0. The monoisotopic (exact) mass is 412 g/mol. The maximum atomic E-state index is 12.5.